The summed E-state index contributed by atoms with van der Waals surface area (Å²) in [5.41, 5.74) is 0. The molecule has 0 amide bonds. The molecule has 12 heavy (non-hydrogen) atoms. The molecule has 1 aliphatic heterocycles. The van der Waals surface area contributed by atoms with Crippen LogP contribution in [0.2, 0.25) is 0 Å². The Bertz CT molecular complexity index is 252. The van der Waals surface area contributed by atoms with Gasteiger partial charge in [0, 0.05) is 16.5 Å². The van der Waals surface area contributed by atoms with E-state index in [1.807, 2.05) is 6.92 Å². The van der Waals surface area contributed by atoms with Crippen LogP contribution in [0.5, 0.6) is 0 Å². The minimum absolute atomic E-state index is 0.223. The molecule has 0 N–H and O–H groups in total. The van der Waals surface area contributed by atoms with Crippen LogP contribution in [0.3, 0.4) is 0 Å². The second kappa shape index (κ2) is 3.79. The first-order valence-corrected chi connectivity index (χ1v) is 7.17. The maximum atomic E-state index is 11.3. The molecule has 0 radical (unpaired) electrons. The monoisotopic (exact) mass is 303 g/mol. The molecule has 0 spiro atoms. The molecule has 1 rings (SSSR count). The Morgan fingerprint density at radius 3 is 2.50 bits per heavy atom. The highest BCUT2D eigenvalue weighted by Gasteiger charge is 2.36. The van der Waals surface area contributed by atoms with Crippen LogP contribution < -0.4 is 0 Å². The van der Waals surface area contributed by atoms with Gasteiger partial charge in [0.05, 0.1) is 6.26 Å². The third kappa shape index (κ3) is 2.11. The van der Waals surface area contributed by atoms with Gasteiger partial charge in [-0.3, -0.25) is 0 Å². The minimum Gasteiger partial charge on any atom is -0.212 e. The highest BCUT2D eigenvalue weighted by Crippen LogP contribution is 2.28. The van der Waals surface area contributed by atoms with Gasteiger partial charge in [-0.15, -0.1) is 0 Å². The number of rotatable bonds is 2. The number of nitrogens with zero attached hydrogens (tertiary/aromatic N) is 1. The Balaban J connectivity index is 2.81. The molecule has 0 unspecified atom stereocenters. The first-order chi connectivity index (χ1) is 5.46. The fraction of sp³-hybridized carbons (Fsp3) is 1.00. The molecule has 72 valence electrons. The van der Waals surface area contributed by atoms with Crippen LogP contribution in [0.4, 0.5) is 0 Å². The van der Waals surface area contributed by atoms with E-state index in [-0.39, 0.29) is 6.04 Å². The molecule has 0 aromatic carbocycles. The zero-order valence-corrected chi connectivity index (χ0v) is 10.3. The molecule has 2 atom stereocenters. The van der Waals surface area contributed by atoms with Gasteiger partial charge < -0.3 is 0 Å². The van der Waals surface area contributed by atoms with Gasteiger partial charge in [0.25, 0.3) is 0 Å². The molecule has 0 aliphatic carbocycles. The lowest BCUT2D eigenvalue weighted by atomic mass is 10.2. The largest absolute Gasteiger partial charge is 0.212 e. The Labute approximate surface area is 87.7 Å². The summed E-state index contributed by atoms with van der Waals surface area (Å²) in [6.07, 6.45) is 3.21. The summed E-state index contributed by atoms with van der Waals surface area (Å²) < 4.78 is 24.7. The number of hydrogen-bond donors (Lipinski definition) is 0. The van der Waals surface area contributed by atoms with E-state index in [0.717, 1.165) is 12.8 Å². The molecule has 1 saturated heterocycles. The molecule has 1 aliphatic rings. The molecule has 0 aromatic heterocycles. The molecule has 0 saturated carbocycles. The summed E-state index contributed by atoms with van der Waals surface area (Å²) in [6, 6.07) is 0.223. The van der Waals surface area contributed by atoms with Gasteiger partial charge in [-0.2, -0.15) is 4.31 Å². The highest BCUT2D eigenvalue weighted by molar-refractivity contribution is 14.1. The van der Waals surface area contributed by atoms with Gasteiger partial charge in [0.15, 0.2) is 0 Å². The van der Waals surface area contributed by atoms with E-state index in [1.54, 1.807) is 4.31 Å². The maximum Gasteiger partial charge on any atom is 0.211 e. The lowest BCUT2D eigenvalue weighted by Crippen LogP contribution is -2.36. The maximum absolute atomic E-state index is 11.3. The Kier molecular flexibility index (Phi) is 3.39. The van der Waals surface area contributed by atoms with Crippen molar-refractivity contribution in [1.29, 1.82) is 0 Å². The van der Waals surface area contributed by atoms with Gasteiger partial charge in [-0.25, -0.2) is 8.42 Å². The number of sulfonamides is 1. The molecule has 0 bridgehead atoms. The summed E-state index contributed by atoms with van der Waals surface area (Å²) in [7, 11) is -2.97. The fourth-order valence-electron chi connectivity index (χ4n) is 1.66. The van der Waals surface area contributed by atoms with Crippen molar-refractivity contribution in [2.45, 2.75) is 29.7 Å². The average Bonchev–Trinajstić information content (AvgIpc) is 2.29. The van der Waals surface area contributed by atoms with Crippen molar-refractivity contribution in [3.8, 4) is 0 Å². The number of hydrogen-bond acceptors (Lipinski definition) is 2. The molecule has 5 heteroatoms. The zero-order valence-electron chi connectivity index (χ0n) is 7.33. The van der Waals surface area contributed by atoms with Crippen LogP contribution in [-0.4, -0.2) is 35.5 Å². The van der Waals surface area contributed by atoms with E-state index >= 15 is 0 Å². The minimum atomic E-state index is -2.97. The van der Waals surface area contributed by atoms with Crippen LogP contribution in [0.25, 0.3) is 0 Å². The topological polar surface area (TPSA) is 37.4 Å². The highest BCUT2D eigenvalue weighted by atomic mass is 127. The quantitative estimate of drug-likeness (QED) is 0.568. The third-order valence-corrected chi connectivity index (χ3v) is 5.02. The van der Waals surface area contributed by atoms with Crippen molar-refractivity contribution < 1.29 is 8.42 Å². The second-order valence-electron chi connectivity index (χ2n) is 3.15. The van der Waals surface area contributed by atoms with E-state index in [9.17, 15) is 8.42 Å². The summed E-state index contributed by atoms with van der Waals surface area (Å²) >= 11 is 2.34. The fourth-order valence-corrected chi connectivity index (χ4v) is 4.28. The van der Waals surface area contributed by atoms with Crippen LogP contribution in [0.15, 0.2) is 0 Å². The van der Waals surface area contributed by atoms with Gasteiger partial charge >= 0.3 is 0 Å². The van der Waals surface area contributed by atoms with E-state index in [1.165, 1.54) is 6.26 Å². The van der Waals surface area contributed by atoms with Crippen molar-refractivity contribution in [3.05, 3.63) is 0 Å². The van der Waals surface area contributed by atoms with Crippen molar-refractivity contribution in [1.82, 2.24) is 4.31 Å². The number of halogens is 1. The van der Waals surface area contributed by atoms with E-state index < -0.39 is 10.0 Å². The van der Waals surface area contributed by atoms with E-state index in [0.29, 0.717) is 10.5 Å². The van der Waals surface area contributed by atoms with Gasteiger partial charge in [-0.1, -0.05) is 29.5 Å². The van der Waals surface area contributed by atoms with Crippen molar-refractivity contribution in [3.63, 3.8) is 0 Å². The lowest BCUT2D eigenvalue weighted by molar-refractivity contribution is 0.389. The van der Waals surface area contributed by atoms with Crippen LogP contribution in [0.1, 0.15) is 19.8 Å². The summed E-state index contributed by atoms with van der Waals surface area (Å²) in [5, 5.41) is 0. The van der Waals surface area contributed by atoms with Crippen molar-refractivity contribution >= 4 is 32.6 Å². The lowest BCUT2D eigenvalue weighted by Gasteiger charge is -2.22. The predicted octanol–water partition coefficient (Wildman–Crippen LogP) is 1.23. The van der Waals surface area contributed by atoms with Gasteiger partial charge in [0.1, 0.15) is 0 Å². The van der Waals surface area contributed by atoms with Crippen LogP contribution in [-0.2, 0) is 10.0 Å². The Morgan fingerprint density at radius 1 is 1.58 bits per heavy atom. The SMILES string of the molecule is CC[C@H]1[C@@H](I)CCN1S(C)(=O)=O. The molecule has 0 aromatic rings. The first kappa shape index (κ1) is 10.7. The number of alkyl halides is 1. The third-order valence-electron chi connectivity index (χ3n) is 2.26. The molecular formula is C7H14INO2S. The van der Waals surface area contributed by atoms with E-state index in [2.05, 4.69) is 22.6 Å². The van der Waals surface area contributed by atoms with Crippen LogP contribution in [0, 0.1) is 0 Å². The van der Waals surface area contributed by atoms with Gasteiger partial charge in [0.2, 0.25) is 10.0 Å². The Hall–Kier alpha value is 0.640. The van der Waals surface area contributed by atoms with Gasteiger partial charge in [-0.05, 0) is 12.8 Å². The molecule has 1 fully saturated rings. The second-order valence-corrected chi connectivity index (χ2v) is 6.69. The summed E-state index contributed by atoms with van der Waals surface area (Å²) in [4.78, 5) is 0. The predicted molar refractivity (Wildman–Crippen MR) is 58.1 cm³/mol. The summed E-state index contributed by atoms with van der Waals surface area (Å²) in [5.74, 6) is 0. The van der Waals surface area contributed by atoms with Crippen molar-refractivity contribution in [2.24, 2.45) is 0 Å². The molecular weight excluding hydrogens is 289 g/mol. The Morgan fingerprint density at radius 2 is 2.17 bits per heavy atom. The smallest absolute Gasteiger partial charge is 0.211 e. The summed E-state index contributed by atoms with van der Waals surface area (Å²) in [6.45, 7) is 2.74. The molecule has 1 heterocycles. The standard InChI is InChI=1S/C7H14INO2S/c1-3-7-6(8)4-5-9(7)12(2,10)11/h6-7H,3-5H2,1-2H3/t6-,7-/m0/s1. The van der Waals surface area contributed by atoms with Crippen LogP contribution >= 0.6 is 22.6 Å². The molecule has 3 nitrogen and oxygen atoms in total. The normalized spacial score (nSPS) is 32.6. The van der Waals surface area contributed by atoms with E-state index in [4.69, 9.17) is 0 Å². The first-order valence-electron chi connectivity index (χ1n) is 4.07. The average molecular weight is 303 g/mol. The van der Waals surface area contributed by atoms with Crippen molar-refractivity contribution in [2.75, 3.05) is 12.8 Å². The zero-order chi connectivity index (χ0) is 9.35.